The van der Waals surface area contributed by atoms with Crippen molar-refractivity contribution in [2.45, 2.75) is 41.5 Å². The van der Waals surface area contributed by atoms with Gasteiger partial charge in [0.2, 0.25) is 0 Å². The average molecular weight is 242 g/mol. The first kappa shape index (κ1) is 13.8. The summed E-state index contributed by atoms with van der Waals surface area (Å²) in [5.74, 6) is 1.35. The number of hydrogen-bond acceptors (Lipinski definition) is 1. The number of rotatable bonds is 4. The molecule has 1 fully saturated rings. The van der Waals surface area contributed by atoms with Crippen molar-refractivity contribution in [3.8, 4) is 0 Å². The number of hydrogen-bond donors (Lipinski definition) is 2. The van der Waals surface area contributed by atoms with Crippen LogP contribution in [0.25, 0.3) is 0 Å². The lowest BCUT2D eigenvalue weighted by molar-refractivity contribution is 0.457. The van der Waals surface area contributed by atoms with Crippen molar-refractivity contribution in [3.63, 3.8) is 0 Å². The highest BCUT2D eigenvalue weighted by Crippen LogP contribution is 2.67. The van der Waals surface area contributed by atoms with Crippen LogP contribution in [0.2, 0.25) is 0 Å². The summed E-state index contributed by atoms with van der Waals surface area (Å²) in [6, 6.07) is 0. The summed E-state index contributed by atoms with van der Waals surface area (Å²) >= 11 is 5.25. The van der Waals surface area contributed by atoms with Gasteiger partial charge in [-0.1, -0.05) is 41.5 Å². The van der Waals surface area contributed by atoms with E-state index in [9.17, 15) is 0 Å². The molecule has 3 heteroatoms. The summed E-state index contributed by atoms with van der Waals surface area (Å²) in [7, 11) is 0. The highest BCUT2D eigenvalue weighted by Gasteiger charge is 2.64. The highest BCUT2D eigenvalue weighted by molar-refractivity contribution is 7.80. The Morgan fingerprint density at radius 2 is 1.62 bits per heavy atom. The molecule has 0 amide bonds. The molecule has 0 aromatic carbocycles. The van der Waals surface area contributed by atoms with Crippen LogP contribution in [0.5, 0.6) is 0 Å². The Labute approximate surface area is 106 Å². The van der Waals surface area contributed by atoms with Crippen molar-refractivity contribution in [2.24, 2.45) is 22.7 Å². The van der Waals surface area contributed by atoms with Gasteiger partial charge in [0.05, 0.1) is 0 Å². The highest BCUT2D eigenvalue weighted by atomic mass is 32.1. The molecule has 0 bridgehead atoms. The van der Waals surface area contributed by atoms with E-state index in [1.807, 2.05) is 0 Å². The Morgan fingerprint density at radius 1 is 1.12 bits per heavy atom. The molecule has 16 heavy (non-hydrogen) atoms. The van der Waals surface area contributed by atoms with Crippen LogP contribution in [-0.2, 0) is 0 Å². The third kappa shape index (κ3) is 2.68. The van der Waals surface area contributed by atoms with Gasteiger partial charge in [0.25, 0.3) is 0 Å². The van der Waals surface area contributed by atoms with Crippen LogP contribution in [0.4, 0.5) is 0 Å². The zero-order valence-electron chi connectivity index (χ0n) is 11.5. The SMILES string of the molecule is CC(C)CNC(=S)NCC1C(C)(C)C1(C)C. The van der Waals surface area contributed by atoms with Crippen LogP contribution >= 0.6 is 12.2 Å². The molecule has 2 nitrogen and oxygen atoms in total. The minimum Gasteiger partial charge on any atom is -0.362 e. The maximum Gasteiger partial charge on any atom is 0.166 e. The average Bonchev–Trinajstić information content (AvgIpc) is 2.51. The van der Waals surface area contributed by atoms with Gasteiger partial charge in [0.1, 0.15) is 0 Å². The van der Waals surface area contributed by atoms with Gasteiger partial charge in [-0.25, -0.2) is 0 Å². The number of nitrogens with one attached hydrogen (secondary N) is 2. The molecule has 94 valence electrons. The summed E-state index contributed by atoms with van der Waals surface area (Å²) in [6.45, 7) is 15.7. The van der Waals surface area contributed by atoms with Gasteiger partial charge in [0.15, 0.2) is 5.11 Å². The minimum absolute atomic E-state index is 0.438. The van der Waals surface area contributed by atoms with Crippen LogP contribution < -0.4 is 10.6 Å². The van der Waals surface area contributed by atoms with Gasteiger partial charge in [-0.05, 0) is 34.9 Å². The standard InChI is InChI=1S/C13H26N2S/c1-9(2)7-14-11(16)15-8-10-12(3,4)13(10,5)6/h9-10H,7-8H2,1-6H3,(H2,14,15,16). The molecule has 0 unspecified atom stereocenters. The maximum absolute atomic E-state index is 5.25. The van der Waals surface area contributed by atoms with E-state index in [-0.39, 0.29) is 0 Å². The zero-order chi connectivity index (χ0) is 12.6. The Hall–Kier alpha value is -0.310. The van der Waals surface area contributed by atoms with Crippen LogP contribution in [0, 0.1) is 22.7 Å². The van der Waals surface area contributed by atoms with E-state index in [0.29, 0.717) is 16.7 Å². The summed E-state index contributed by atoms with van der Waals surface area (Å²) < 4.78 is 0. The van der Waals surface area contributed by atoms with Crippen molar-refractivity contribution >= 4 is 17.3 Å². The van der Waals surface area contributed by atoms with E-state index < -0.39 is 0 Å². The first-order chi connectivity index (χ1) is 7.19. The monoisotopic (exact) mass is 242 g/mol. The molecule has 2 N–H and O–H groups in total. The molecule has 0 aliphatic heterocycles. The topological polar surface area (TPSA) is 24.1 Å². The molecule has 1 rings (SSSR count). The predicted octanol–water partition coefficient (Wildman–Crippen LogP) is 2.79. The first-order valence-electron chi connectivity index (χ1n) is 6.21. The second kappa shape index (κ2) is 4.52. The largest absolute Gasteiger partial charge is 0.362 e. The molecule has 0 saturated heterocycles. The number of thiocarbonyl (C=S) groups is 1. The third-order valence-corrected chi connectivity index (χ3v) is 4.75. The predicted molar refractivity (Wildman–Crippen MR) is 74.5 cm³/mol. The lowest BCUT2D eigenvalue weighted by Crippen LogP contribution is -2.38. The smallest absolute Gasteiger partial charge is 0.166 e. The van der Waals surface area contributed by atoms with Gasteiger partial charge in [-0.15, -0.1) is 0 Å². The quantitative estimate of drug-likeness (QED) is 0.741. The Balaban J connectivity index is 2.24. The van der Waals surface area contributed by atoms with Gasteiger partial charge in [-0.2, -0.15) is 0 Å². The molecule has 0 atom stereocenters. The van der Waals surface area contributed by atoms with E-state index in [4.69, 9.17) is 12.2 Å². The van der Waals surface area contributed by atoms with Crippen molar-refractivity contribution in [1.29, 1.82) is 0 Å². The zero-order valence-corrected chi connectivity index (χ0v) is 12.3. The summed E-state index contributed by atoms with van der Waals surface area (Å²) in [5, 5.41) is 7.37. The van der Waals surface area contributed by atoms with Crippen molar-refractivity contribution in [1.82, 2.24) is 10.6 Å². The van der Waals surface area contributed by atoms with Gasteiger partial charge >= 0.3 is 0 Å². The van der Waals surface area contributed by atoms with Gasteiger partial charge in [-0.3, -0.25) is 0 Å². The summed E-state index contributed by atoms with van der Waals surface area (Å²) in [6.07, 6.45) is 0. The van der Waals surface area contributed by atoms with E-state index in [2.05, 4.69) is 52.2 Å². The second-order valence-electron chi connectivity index (χ2n) is 6.48. The lowest BCUT2D eigenvalue weighted by atomic mass is 10.0. The maximum atomic E-state index is 5.25. The molecule has 0 radical (unpaired) electrons. The van der Waals surface area contributed by atoms with E-state index in [0.717, 1.165) is 24.1 Å². The normalized spacial score (nSPS) is 21.9. The van der Waals surface area contributed by atoms with Crippen molar-refractivity contribution < 1.29 is 0 Å². The molecule has 0 spiro atoms. The fraction of sp³-hybridized carbons (Fsp3) is 0.923. The molecular formula is C13H26N2S. The van der Waals surface area contributed by atoms with Crippen molar-refractivity contribution in [2.75, 3.05) is 13.1 Å². The van der Waals surface area contributed by atoms with Crippen LogP contribution in [0.3, 0.4) is 0 Å². The van der Waals surface area contributed by atoms with Gasteiger partial charge in [0, 0.05) is 13.1 Å². The van der Waals surface area contributed by atoms with E-state index in [1.54, 1.807) is 0 Å². The molecule has 0 aromatic rings. The molecule has 0 aromatic heterocycles. The van der Waals surface area contributed by atoms with Crippen LogP contribution in [0.15, 0.2) is 0 Å². The molecule has 0 heterocycles. The van der Waals surface area contributed by atoms with Crippen LogP contribution in [-0.4, -0.2) is 18.2 Å². The van der Waals surface area contributed by atoms with E-state index >= 15 is 0 Å². The van der Waals surface area contributed by atoms with E-state index in [1.165, 1.54) is 0 Å². The summed E-state index contributed by atoms with van der Waals surface area (Å²) in [4.78, 5) is 0. The second-order valence-corrected chi connectivity index (χ2v) is 6.89. The lowest BCUT2D eigenvalue weighted by Gasteiger charge is -2.12. The fourth-order valence-electron chi connectivity index (χ4n) is 2.40. The minimum atomic E-state index is 0.438. The first-order valence-corrected chi connectivity index (χ1v) is 6.62. The molecule has 1 saturated carbocycles. The van der Waals surface area contributed by atoms with Gasteiger partial charge < -0.3 is 10.6 Å². The molecule has 1 aliphatic rings. The van der Waals surface area contributed by atoms with Crippen LogP contribution in [0.1, 0.15) is 41.5 Å². The van der Waals surface area contributed by atoms with Crippen molar-refractivity contribution in [3.05, 3.63) is 0 Å². The molecule has 1 aliphatic carbocycles. The molecular weight excluding hydrogens is 216 g/mol. The Bertz CT molecular complexity index is 255. The fourth-order valence-corrected chi connectivity index (χ4v) is 2.56. The third-order valence-electron chi connectivity index (χ3n) is 4.46. The Kier molecular flexibility index (Phi) is 3.88. The summed E-state index contributed by atoms with van der Waals surface area (Å²) in [5.41, 5.74) is 0.876. The Morgan fingerprint density at radius 3 is 2.00 bits per heavy atom.